The van der Waals surface area contributed by atoms with Gasteiger partial charge in [-0.1, -0.05) is 30.3 Å². The van der Waals surface area contributed by atoms with Crippen molar-refractivity contribution in [2.24, 2.45) is 0 Å². The lowest BCUT2D eigenvalue weighted by atomic mass is 10.1. The highest BCUT2D eigenvalue weighted by Gasteiger charge is 2.22. The van der Waals surface area contributed by atoms with Crippen LogP contribution in [0.3, 0.4) is 0 Å². The standard InChI is InChI=1S/C16H23NO3/c1-2-19-16(18)15(13-7-4-3-5-8-13)17-11-10-14-9-6-12-20-14/h3-5,7-8,14-15,17H,2,6,9-12H2,1H3. The summed E-state index contributed by atoms with van der Waals surface area (Å²) in [6, 6.07) is 9.31. The van der Waals surface area contributed by atoms with Crippen LogP contribution in [0.1, 0.15) is 37.8 Å². The molecule has 1 aromatic rings. The monoisotopic (exact) mass is 277 g/mol. The first kappa shape index (κ1) is 15.0. The third kappa shape index (κ3) is 4.32. The van der Waals surface area contributed by atoms with Crippen molar-refractivity contribution in [1.82, 2.24) is 5.32 Å². The van der Waals surface area contributed by atoms with Crippen molar-refractivity contribution in [3.05, 3.63) is 35.9 Å². The van der Waals surface area contributed by atoms with Crippen LogP contribution in [0.15, 0.2) is 30.3 Å². The third-order valence-electron chi connectivity index (χ3n) is 3.49. The lowest BCUT2D eigenvalue weighted by molar-refractivity contribution is -0.145. The third-order valence-corrected chi connectivity index (χ3v) is 3.49. The van der Waals surface area contributed by atoms with Crippen molar-refractivity contribution >= 4 is 5.97 Å². The van der Waals surface area contributed by atoms with Crippen LogP contribution in [-0.2, 0) is 14.3 Å². The predicted octanol–water partition coefficient (Wildman–Crippen LogP) is 2.45. The maximum atomic E-state index is 12.1. The fourth-order valence-corrected chi connectivity index (χ4v) is 2.47. The molecule has 0 spiro atoms. The van der Waals surface area contributed by atoms with E-state index < -0.39 is 6.04 Å². The molecule has 1 fully saturated rings. The van der Waals surface area contributed by atoms with E-state index in [9.17, 15) is 4.79 Å². The van der Waals surface area contributed by atoms with Crippen molar-refractivity contribution in [2.45, 2.75) is 38.3 Å². The molecule has 4 nitrogen and oxygen atoms in total. The minimum absolute atomic E-state index is 0.217. The van der Waals surface area contributed by atoms with Gasteiger partial charge in [0.25, 0.3) is 0 Å². The molecular formula is C16H23NO3. The number of rotatable bonds is 7. The van der Waals surface area contributed by atoms with Gasteiger partial charge in [0.2, 0.25) is 0 Å². The smallest absolute Gasteiger partial charge is 0.327 e. The van der Waals surface area contributed by atoms with Gasteiger partial charge in [0, 0.05) is 6.61 Å². The molecule has 4 heteroatoms. The summed E-state index contributed by atoms with van der Waals surface area (Å²) in [5.41, 5.74) is 0.943. The van der Waals surface area contributed by atoms with Crippen molar-refractivity contribution in [2.75, 3.05) is 19.8 Å². The van der Waals surface area contributed by atoms with Gasteiger partial charge in [0.05, 0.1) is 12.7 Å². The second kappa shape index (κ2) is 8.02. The highest BCUT2D eigenvalue weighted by atomic mass is 16.5. The Hall–Kier alpha value is -1.39. The first-order chi connectivity index (χ1) is 9.81. The van der Waals surface area contributed by atoms with Crippen LogP contribution in [-0.4, -0.2) is 31.8 Å². The summed E-state index contributed by atoms with van der Waals surface area (Å²) in [6.07, 6.45) is 3.53. The summed E-state index contributed by atoms with van der Waals surface area (Å²) in [5.74, 6) is -0.217. The summed E-state index contributed by atoms with van der Waals surface area (Å²) < 4.78 is 10.7. The van der Waals surface area contributed by atoms with Crippen molar-refractivity contribution in [1.29, 1.82) is 0 Å². The zero-order valence-electron chi connectivity index (χ0n) is 12.0. The average Bonchev–Trinajstić information content (AvgIpc) is 2.98. The Morgan fingerprint density at radius 3 is 2.90 bits per heavy atom. The Kier molecular flexibility index (Phi) is 6.02. The fourth-order valence-electron chi connectivity index (χ4n) is 2.47. The zero-order chi connectivity index (χ0) is 14.2. The molecule has 2 unspecified atom stereocenters. The van der Waals surface area contributed by atoms with Crippen LogP contribution in [0.25, 0.3) is 0 Å². The second-order valence-electron chi connectivity index (χ2n) is 4.97. The Morgan fingerprint density at radius 1 is 1.45 bits per heavy atom. The average molecular weight is 277 g/mol. The van der Waals surface area contributed by atoms with Gasteiger partial charge in [-0.15, -0.1) is 0 Å². The number of hydrogen-bond donors (Lipinski definition) is 1. The van der Waals surface area contributed by atoms with Gasteiger partial charge in [-0.2, -0.15) is 0 Å². The minimum Gasteiger partial charge on any atom is -0.465 e. The van der Waals surface area contributed by atoms with Crippen molar-refractivity contribution < 1.29 is 14.3 Å². The highest BCUT2D eigenvalue weighted by Crippen LogP contribution is 2.17. The number of nitrogens with one attached hydrogen (secondary N) is 1. The quantitative estimate of drug-likeness (QED) is 0.778. The number of carbonyl (C=O) groups excluding carboxylic acids is 1. The Labute approximate surface area is 120 Å². The molecule has 0 aliphatic carbocycles. The SMILES string of the molecule is CCOC(=O)C(NCCC1CCCO1)c1ccccc1. The van der Waals surface area contributed by atoms with Gasteiger partial charge >= 0.3 is 5.97 Å². The van der Waals surface area contributed by atoms with E-state index >= 15 is 0 Å². The van der Waals surface area contributed by atoms with Gasteiger partial charge < -0.3 is 14.8 Å². The molecule has 1 saturated heterocycles. The molecule has 1 heterocycles. The van der Waals surface area contributed by atoms with E-state index in [-0.39, 0.29) is 5.97 Å². The summed E-state index contributed by atoms with van der Waals surface area (Å²) in [6.45, 7) is 3.84. The minimum atomic E-state index is -0.391. The molecule has 1 aliphatic heterocycles. The lowest BCUT2D eigenvalue weighted by Crippen LogP contribution is -2.32. The van der Waals surface area contributed by atoms with E-state index in [0.29, 0.717) is 12.7 Å². The molecule has 1 aromatic carbocycles. The largest absolute Gasteiger partial charge is 0.465 e. The molecule has 0 aromatic heterocycles. The number of benzene rings is 1. The molecule has 0 bridgehead atoms. The molecule has 2 rings (SSSR count). The van der Waals surface area contributed by atoms with E-state index in [2.05, 4.69) is 5.32 Å². The Balaban J connectivity index is 1.90. The first-order valence-corrected chi connectivity index (χ1v) is 7.38. The second-order valence-corrected chi connectivity index (χ2v) is 4.97. The molecular weight excluding hydrogens is 254 g/mol. The van der Waals surface area contributed by atoms with Crippen LogP contribution in [0.2, 0.25) is 0 Å². The molecule has 0 saturated carbocycles. The van der Waals surface area contributed by atoms with E-state index in [1.54, 1.807) is 0 Å². The Bertz CT molecular complexity index is 401. The first-order valence-electron chi connectivity index (χ1n) is 7.38. The summed E-state index contributed by atoms with van der Waals surface area (Å²) in [5, 5.41) is 3.29. The van der Waals surface area contributed by atoms with Gasteiger partial charge in [0.1, 0.15) is 6.04 Å². The van der Waals surface area contributed by atoms with Crippen LogP contribution in [0.4, 0.5) is 0 Å². The number of ether oxygens (including phenoxy) is 2. The normalized spacial score (nSPS) is 19.8. The molecule has 1 aliphatic rings. The molecule has 0 amide bonds. The van der Waals surface area contributed by atoms with Gasteiger partial charge in [0.15, 0.2) is 0 Å². The van der Waals surface area contributed by atoms with Crippen LogP contribution in [0, 0.1) is 0 Å². The van der Waals surface area contributed by atoms with E-state index in [1.807, 2.05) is 37.3 Å². The van der Waals surface area contributed by atoms with Crippen molar-refractivity contribution in [3.8, 4) is 0 Å². The number of carbonyl (C=O) groups is 1. The maximum Gasteiger partial charge on any atom is 0.327 e. The summed E-state index contributed by atoms with van der Waals surface area (Å²) >= 11 is 0. The molecule has 20 heavy (non-hydrogen) atoms. The van der Waals surface area contributed by atoms with Crippen LogP contribution >= 0.6 is 0 Å². The number of esters is 1. The van der Waals surface area contributed by atoms with E-state index in [1.165, 1.54) is 0 Å². The van der Waals surface area contributed by atoms with Gasteiger partial charge in [-0.3, -0.25) is 0 Å². The maximum absolute atomic E-state index is 12.1. The number of hydrogen-bond acceptors (Lipinski definition) is 4. The predicted molar refractivity (Wildman–Crippen MR) is 77.4 cm³/mol. The van der Waals surface area contributed by atoms with Crippen molar-refractivity contribution in [3.63, 3.8) is 0 Å². The van der Waals surface area contributed by atoms with Gasteiger partial charge in [-0.05, 0) is 38.3 Å². The van der Waals surface area contributed by atoms with E-state index in [4.69, 9.17) is 9.47 Å². The van der Waals surface area contributed by atoms with E-state index in [0.717, 1.165) is 38.0 Å². The zero-order valence-corrected chi connectivity index (χ0v) is 12.0. The highest BCUT2D eigenvalue weighted by molar-refractivity contribution is 5.77. The fraction of sp³-hybridized carbons (Fsp3) is 0.562. The molecule has 110 valence electrons. The molecule has 0 radical (unpaired) electrons. The molecule has 2 atom stereocenters. The topological polar surface area (TPSA) is 47.6 Å². The summed E-state index contributed by atoms with van der Waals surface area (Å²) in [4.78, 5) is 12.1. The lowest BCUT2D eigenvalue weighted by Gasteiger charge is -2.18. The van der Waals surface area contributed by atoms with Crippen LogP contribution in [0.5, 0.6) is 0 Å². The summed E-state index contributed by atoms with van der Waals surface area (Å²) in [7, 11) is 0. The van der Waals surface area contributed by atoms with Gasteiger partial charge in [-0.25, -0.2) is 4.79 Å². The molecule has 1 N–H and O–H groups in total. The van der Waals surface area contributed by atoms with Crippen LogP contribution < -0.4 is 5.32 Å². The Morgan fingerprint density at radius 2 is 2.25 bits per heavy atom.